The first-order valence-corrected chi connectivity index (χ1v) is 3.62. The Labute approximate surface area is 51.0 Å². The summed E-state index contributed by atoms with van der Waals surface area (Å²) in [6.07, 6.45) is 0. The molecule has 0 aromatic rings. The van der Waals surface area contributed by atoms with Crippen LogP contribution in [0.3, 0.4) is 0 Å². The summed E-state index contributed by atoms with van der Waals surface area (Å²) in [6.45, 7) is 0. The molecule has 0 bridgehead atoms. The molecule has 0 aromatic heterocycles. The Morgan fingerprint density at radius 1 is 1.29 bits per heavy atom. The lowest BCUT2D eigenvalue weighted by Gasteiger charge is -1.68. The number of hydrogen-bond acceptors (Lipinski definition) is 3. The summed E-state index contributed by atoms with van der Waals surface area (Å²) in [5.74, 6) is 0. The summed E-state index contributed by atoms with van der Waals surface area (Å²) in [5, 5.41) is 0. The minimum Gasteiger partial charge on any atom is -0.264 e. The first kappa shape index (κ1) is 10.5. The van der Waals surface area contributed by atoms with Gasteiger partial charge in [-0.15, -0.1) is 0 Å². The van der Waals surface area contributed by atoms with Crippen molar-refractivity contribution in [2.75, 3.05) is 0 Å². The highest BCUT2D eigenvalue weighted by Crippen LogP contribution is 1.67. The average molecular weight is 167 g/mol. The SMILES string of the molecule is O=S(=O)(O)O.SCl. The standard InChI is InChI=1S/ClHS.H2O4S/c1-2;1-5(2,3)4/h2H;(H2,1,2,3,4). The zero-order valence-corrected chi connectivity index (χ0v) is 5.41. The van der Waals surface area contributed by atoms with Gasteiger partial charge < -0.3 is 0 Å². The van der Waals surface area contributed by atoms with E-state index >= 15 is 0 Å². The molecule has 0 aromatic carbocycles. The van der Waals surface area contributed by atoms with Gasteiger partial charge in [-0.05, 0) is 10.7 Å². The van der Waals surface area contributed by atoms with E-state index in [4.69, 9.17) is 17.5 Å². The third kappa shape index (κ3) is 509. The Hall–Kier alpha value is 0.510. The molecule has 0 spiro atoms. The van der Waals surface area contributed by atoms with E-state index in [1.54, 1.807) is 0 Å². The molecule has 7 heteroatoms. The second-order valence-corrected chi connectivity index (χ2v) is 1.34. The van der Waals surface area contributed by atoms with Crippen LogP contribution in [0.15, 0.2) is 0 Å². The molecule has 0 rings (SSSR count). The van der Waals surface area contributed by atoms with E-state index in [9.17, 15) is 0 Å². The van der Waals surface area contributed by atoms with Crippen molar-refractivity contribution in [3.63, 3.8) is 0 Å². The van der Waals surface area contributed by atoms with Crippen LogP contribution in [0.5, 0.6) is 0 Å². The van der Waals surface area contributed by atoms with E-state index in [0.717, 1.165) is 0 Å². The van der Waals surface area contributed by atoms with E-state index < -0.39 is 10.4 Å². The van der Waals surface area contributed by atoms with Crippen LogP contribution in [0.25, 0.3) is 0 Å². The maximum Gasteiger partial charge on any atom is 0.394 e. The van der Waals surface area contributed by atoms with Crippen molar-refractivity contribution in [2.24, 2.45) is 0 Å². The van der Waals surface area contributed by atoms with Crippen LogP contribution in [0.4, 0.5) is 0 Å². The molecule has 7 heavy (non-hydrogen) atoms. The number of thiol groups is 1. The molecule has 0 fully saturated rings. The highest BCUT2D eigenvalue weighted by Gasteiger charge is 1.84. The maximum absolute atomic E-state index is 8.74. The van der Waals surface area contributed by atoms with Crippen LogP contribution in [-0.2, 0) is 10.4 Å². The van der Waals surface area contributed by atoms with Gasteiger partial charge in [0, 0.05) is 0 Å². The van der Waals surface area contributed by atoms with Crippen molar-refractivity contribution < 1.29 is 17.5 Å². The minimum absolute atomic E-state index is 3.00. The van der Waals surface area contributed by atoms with Crippen LogP contribution in [-0.4, -0.2) is 17.5 Å². The topological polar surface area (TPSA) is 74.6 Å². The van der Waals surface area contributed by atoms with E-state index in [1.165, 1.54) is 0 Å². The van der Waals surface area contributed by atoms with Gasteiger partial charge in [-0.2, -0.15) is 8.42 Å². The normalized spacial score (nSPS) is 9.14. The number of rotatable bonds is 0. The fourth-order valence-corrected chi connectivity index (χ4v) is 0. The van der Waals surface area contributed by atoms with Gasteiger partial charge in [0.25, 0.3) is 0 Å². The maximum atomic E-state index is 8.74. The summed E-state index contributed by atoms with van der Waals surface area (Å²) in [5.41, 5.74) is 0. The molecule has 0 amide bonds. The molecule has 0 radical (unpaired) electrons. The molecule has 0 unspecified atom stereocenters. The van der Waals surface area contributed by atoms with Crippen molar-refractivity contribution in [2.45, 2.75) is 0 Å². The monoisotopic (exact) mass is 166 g/mol. The first-order valence-electron chi connectivity index (χ1n) is 0.868. The second-order valence-electron chi connectivity index (χ2n) is 0.448. The minimum atomic E-state index is -4.67. The lowest BCUT2D eigenvalue weighted by Crippen LogP contribution is -1.89. The molecule has 0 saturated heterocycles. The van der Waals surface area contributed by atoms with Crippen molar-refractivity contribution in [1.82, 2.24) is 0 Å². The predicted molar refractivity (Wildman–Crippen MR) is 29.0 cm³/mol. The quantitative estimate of drug-likeness (QED) is 0.360. The smallest absolute Gasteiger partial charge is 0.264 e. The summed E-state index contributed by atoms with van der Waals surface area (Å²) in [7, 11) is -0.333. The molecule has 0 heterocycles. The highest BCUT2D eigenvalue weighted by atomic mass is 35.7. The Morgan fingerprint density at radius 3 is 1.29 bits per heavy atom. The van der Waals surface area contributed by atoms with E-state index in [1.807, 2.05) is 0 Å². The van der Waals surface area contributed by atoms with E-state index in [-0.39, 0.29) is 0 Å². The van der Waals surface area contributed by atoms with Crippen LogP contribution in [0.1, 0.15) is 0 Å². The lowest BCUT2D eigenvalue weighted by molar-refractivity contribution is 0.381. The first-order chi connectivity index (χ1) is 3.00. The molecule has 2 N–H and O–H groups in total. The average Bonchev–Trinajstić information content (AvgIpc) is 1.36. The van der Waals surface area contributed by atoms with Crippen LogP contribution in [0, 0.1) is 0 Å². The van der Waals surface area contributed by atoms with Crippen LogP contribution < -0.4 is 0 Å². The van der Waals surface area contributed by atoms with Crippen LogP contribution in [0.2, 0.25) is 0 Å². The van der Waals surface area contributed by atoms with Crippen LogP contribution >= 0.6 is 22.5 Å². The van der Waals surface area contributed by atoms with Gasteiger partial charge in [-0.1, -0.05) is 11.8 Å². The third-order valence-corrected chi connectivity index (χ3v) is 0. The Kier molecular flexibility index (Phi) is 6.98. The largest absolute Gasteiger partial charge is 0.394 e. The number of halogens is 1. The fraction of sp³-hybridized carbons (Fsp3) is 0. The van der Waals surface area contributed by atoms with Crippen molar-refractivity contribution in [1.29, 1.82) is 0 Å². The summed E-state index contributed by atoms with van der Waals surface area (Å²) in [4.78, 5) is 0. The predicted octanol–water partition coefficient (Wildman–Crippen LogP) is 0.417. The van der Waals surface area contributed by atoms with Crippen molar-refractivity contribution in [3.05, 3.63) is 0 Å². The van der Waals surface area contributed by atoms with Gasteiger partial charge in [0.15, 0.2) is 0 Å². The summed E-state index contributed by atoms with van der Waals surface area (Å²) < 4.78 is 31.6. The Bertz CT molecular complexity index is 92.9. The number of hydrogen-bond donors (Lipinski definition) is 3. The lowest BCUT2D eigenvalue weighted by atomic mass is 15.8. The second kappa shape index (κ2) is 4.66. The van der Waals surface area contributed by atoms with Crippen molar-refractivity contribution >= 4 is 32.9 Å². The van der Waals surface area contributed by atoms with Crippen molar-refractivity contribution in [3.8, 4) is 0 Å². The van der Waals surface area contributed by atoms with Gasteiger partial charge in [-0.25, -0.2) is 0 Å². The molecule has 0 aliphatic heterocycles. The molecular formula is H3ClO4S2. The highest BCUT2D eigenvalue weighted by molar-refractivity contribution is 8.05. The van der Waals surface area contributed by atoms with E-state index in [2.05, 4.69) is 22.5 Å². The van der Waals surface area contributed by atoms with Gasteiger partial charge in [0.05, 0.1) is 0 Å². The van der Waals surface area contributed by atoms with Gasteiger partial charge in [0.2, 0.25) is 0 Å². The molecule has 0 atom stereocenters. The van der Waals surface area contributed by atoms with Gasteiger partial charge in [0.1, 0.15) is 0 Å². The zero-order valence-electron chi connectivity index (χ0n) is 2.94. The fourth-order valence-electron chi connectivity index (χ4n) is 0. The molecular weight excluding hydrogens is 164 g/mol. The van der Waals surface area contributed by atoms with Gasteiger partial charge >= 0.3 is 10.4 Å². The van der Waals surface area contributed by atoms with Gasteiger partial charge in [-0.3, -0.25) is 9.11 Å². The Balaban J connectivity index is 0. The third-order valence-electron chi connectivity index (χ3n) is 0. The zero-order chi connectivity index (χ0) is 6.50. The summed E-state index contributed by atoms with van der Waals surface area (Å²) in [6, 6.07) is 0. The molecule has 0 aliphatic carbocycles. The molecule has 0 aliphatic rings. The molecule has 46 valence electrons. The molecule has 4 nitrogen and oxygen atoms in total. The summed E-state index contributed by atoms with van der Waals surface area (Å²) >= 11 is 3.00. The molecule has 0 saturated carbocycles. The van der Waals surface area contributed by atoms with E-state index in [0.29, 0.717) is 0 Å². The Morgan fingerprint density at radius 2 is 1.29 bits per heavy atom.